The average Bonchev–Trinajstić information content (AvgIpc) is 3.29. The van der Waals surface area contributed by atoms with E-state index in [0.29, 0.717) is 12.1 Å². The quantitative estimate of drug-likeness (QED) is 0.291. The van der Waals surface area contributed by atoms with E-state index >= 15 is 0 Å². The average molecular weight is 479 g/mol. The molecule has 0 radical (unpaired) electrons. The number of rotatable bonds is 8. The van der Waals surface area contributed by atoms with Crippen LogP contribution in [0, 0.1) is 5.82 Å². The van der Waals surface area contributed by atoms with E-state index in [0.717, 1.165) is 56.8 Å². The Kier molecular flexibility index (Phi) is 6.56. The molecule has 0 spiro atoms. The highest BCUT2D eigenvalue weighted by Crippen LogP contribution is 2.29. The molecular formula is C29H27FN6. The van der Waals surface area contributed by atoms with Gasteiger partial charge in [-0.2, -0.15) is 5.10 Å². The lowest BCUT2D eigenvalue weighted by Crippen LogP contribution is -2.10. The van der Waals surface area contributed by atoms with Crippen molar-refractivity contribution in [3.63, 3.8) is 0 Å². The molecule has 2 N–H and O–H groups in total. The molecule has 0 unspecified atom stereocenters. The van der Waals surface area contributed by atoms with E-state index in [-0.39, 0.29) is 5.82 Å². The van der Waals surface area contributed by atoms with Crippen molar-refractivity contribution < 1.29 is 4.39 Å². The third-order valence-corrected chi connectivity index (χ3v) is 5.87. The number of aromatic amines is 1. The SMILES string of the molecule is C=C(Nc1ccc(Cc2cccc(F)c2)nc1)c1n[nH]c2ccc(-c3cncc(CN(C)C)c3)cc12. The molecule has 0 saturated heterocycles. The van der Waals surface area contributed by atoms with Gasteiger partial charge in [-0.15, -0.1) is 0 Å². The third-order valence-electron chi connectivity index (χ3n) is 5.87. The zero-order valence-corrected chi connectivity index (χ0v) is 20.3. The summed E-state index contributed by atoms with van der Waals surface area (Å²) in [5.41, 5.74) is 8.16. The van der Waals surface area contributed by atoms with Gasteiger partial charge in [0.1, 0.15) is 11.5 Å². The molecular weight excluding hydrogens is 451 g/mol. The highest BCUT2D eigenvalue weighted by molar-refractivity contribution is 5.95. The van der Waals surface area contributed by atoms with Crippen molar-refractivity contribution in [2.75, 3.05) is 19.4 Å². The maximum atomic E-state index is 13.5. The Morgan fingerprint density at radius 2 is 1.86 bits per heavy atom. The van der Waals surface area contributed by atoms with E-state index in [9.17, 15) is 4.39 Å². The Morgan fingerprint density at radius 1 is 0.972 bits per heavy atom. The van der Waals surface area contributed by atoms with Crippen molar-refractivity contribution in [2.24, 2.45) is 0 Å². The fourth-order valence-electron chi connectivity index (χ4n) is 4.21. The van der Waals surface area contributed by atoms with Crippen molar-refractivity contribution >= 4 is 22.3 Å². The third kappa shape index (κ3) is 5.31. The number of benzene rings is 2. The van der Waals surface area contributed by atoms with Gasteiger partial charge in [-0.05, 0) is 73.3 Å². The van der Waals surface area contributed by atoms with Crippen molar-refractivity contribution in [2.45, 2.75) is 13.0 Å². The van der Waals surface area contributed by atoms with Crippen LogP contribution in [0.1, 0.15) is 22.5 Å². The molecule has 0 aliphatic rings. The van der Waals surface area contributed by atoms with Crippen LogP contribution in [0.25, 0.3) is 27.7 Å². The van der Waals surface area contributed by atoms with Crippen LogP contribution in [0.4, 0.5) is 10.1 Å². The maximum Gasteiger partial charge on any atom is 0.123 e. The molecule has 0 amide bonds. The van der Waals surface area contributed by atoms with Gasteiger partial charge in [-0.1, -0.05) is 24.8 Å². The van der Waals surface area contributed by atoms with Gasteiger partial charge in [0.15, 0.2) is 0 Å². The summed E-state index contributed by atoms with van der Waals surface area (Å²) >= 11 is 0. The summed E-state index contributed by atoms with van der Waals surface area (Å²) in [7, 11) is 4.09. The molecule has 0 aliphatic heterocycles. The molecule has 0 atom stereocenters. The number of hydrogen-bond acceptors (Lipinski definition) is 5. The van der Waals surface area contributed by atoms with Gasteiger partial charge in [0.25, 0.3) is 0 Å². The molecule has 0 fully saturated rings. The molecule has 7 heteroatoms. The lowest BCUT2D eigenvalue weighted by Gasteiger charge is -2.11. The van der Waals surface area contributed by atoms with Crippen LogP contribution < -0.4 is 5.32 Å². The summed E-state index contributed by atoms with van der Waals surface area (Å²) in [6.07, 6.45) is 6.09. The van der Waals surface area contributed by atoms with Crippen LogP contribution >= 0.6 is 0 Å². The van der Waals surface area contributed by atoms with Crippen LogP contribution in [0.15, 0.2) is 85.8 Å². The minimum absolute atomic E-state index is 0.242. The Hall–Kier alpha value is -4.36. The van der Waals surface area contributed by atoms with E-state index < -0.39 is 0 Å². The standard InChI is InChI=1S/C29H27FN6/c1-19(33-26-9-8-25(32-17-26)13-20-5-4-6-24(30)12-20)29-27-14-22(7-10-28(27)34-35-29)23-11-21(15-31-16-23)18-36(2)3/h4-12,14-17,33H,1,13,18H2,2-3H3,(H,34,35). The van der Waals surface area contributed by atoms with Crippen LogP contribution in [0.3, 0.4) is 0 Å². The Bertz CT molecular complexity index is 1520. The van der Waals surface area contributed by atoms with E-state index in [4.69, 9.17) is 0 Å². The summed E-state index contributed by atoms with van der Waals surface area (Å²) in [5, 5.41) is 11.9. The molecule has 6 nitrogen and oxygen atoms in total. The van der Waals surface area contributed by atoms with Gasteiger partial charge in [0.05, 0.1) is 23.1 Å². The zero-order valence-electron chi connectivity index (χ0n) is 20.3. The number of aromatic nitrogens is 4. The second kappa shape index (κ2) is 10.1. The van der Waals surface area contributed by atoms with E-state index in [1.54, 1.807) is 12.3 Å². The Morgan fingerprint density at radius 3 is 2.64 bits per heavy atom. The number of H-pyrrole nitrogens is 1. The number of fused-ring (bicyclic) bond motifs is 1. The summed E-state index contributed by atoms with van der Waals surface area (Å²) in [5.74, 6) is -0.242. The lowest BCUT2D eigenvalue weighted by molar-refractivity contribution is 0.402. The Labute approximate surface area is 209 Å². The first-order valence-electron chi connectivity index (χ1n) is 11.7. The lowest BCUT2D eigenvalue weighted by atomic mass is 10.0. The first-order chi connectivity index (χ1) is 17.4. The number of hydrogen-bond donors (Lipinski definition) is 2. The molecule has 3 heterocycles. The van der Waals surface area contributed by atoms with Crippen molar-refractivity contribution in [1.82, 2.24) is 25.1 Å². The second-order valence-corrected chi connectivity index (χ2v) is 9.10. The smallest absolute Gasteiger partial charge is 0.123 e. The van der Waals surface area contributed by atoms with Gasteiger partial charge < -0.3 is 10.2 Å². The summed E-state index contributed by atoms with van der Waals surface area (Å²) in [6.45, 7) is 5.04. The number of nitrogens with one attached hydrogen (secondary N) is 2. The minimum Gasteiger partial charge on any atom is -0.353 e. The number of nitrogens with zero attached hydrogens (tertiary/aromatic N) is 4. The maximum absolute atomic E-state index is 13.5. The summed E-state index contributed by atoms with van der Waals surface area (Å²) < 4.78 is 13.5. The molecule has 5 rings (SSSR count). The topological polar surface area (TPSA) is 69.7 Å². The monoisotopic (exact) mass is 478 g/mol. The van der Waals surface area contributed by atoms with Crippen molar-refractivity contribution in [1.29, 1.82) is 0 Å². The van der Waals surface area contributed by atoms with Gasteiger partial charge in [-0.3, -0.25) is 15.1 Å². The van der Waals surface area contributed by atoms with Gasteiger partial charge >= 0.3 is 0 Å². The number of pyridine rings is 2. The number of anilines is 1. The van der Waals surface area contributed by atoms with Crippen LogP contribution in [-0.4, -0.2) is 39.2 Å². The molecule has 36 heavy (non-hydrogen) atoms. The van der Waals surface area contributed by atoms with E-state index in [2.05, 4.69) is 55.2 Å². The molecule has 2 aromatic carbocycles. The molecule has 0 aliphatic carbocycles. The summed E-state index contributed by atoms with van der Waals surface area (Å²) in [4.78, 5) is 11.1. The first-order valence-corrected chi connectivity index (χ1v) is 11.7. The molecule has 0 saturated carbocycles. The van der Waals surface area contributed by atoms with Crippen LogP contribution in [-0.2, 0) is 13.0 Å². The van der Waals surface area contributed by atoms with Gasteiger partial charge in [0.2, 0.25) is 0 Å². The highest BCUT2D eigenvalue weighted by Gasteiger charge is 2.12. The van der Waals surface area contributed by atoms with E-state index in [1.807, 2.05) is 50.8 Å². The fraction of sp³-hybridized carbons (Fsp3) is 0.138. The molecule has 5 aromatic rings. The molecule has 3 aromatic heterocycles. The zero-order chi connectivity index (χ0) is 25.1. The van der Waals surface area contributed by atoms with Gasteiger partial charge in [-0.25, -0.2) is 4.39 Å². The van der Waals surface area contributed by atoms with Crippen molar-refractivity contribution in [3.05, 3.63) is 114 Å². The fourth-order valence-corrected chi connectivity index (χ4v) is 4.21. The van der Waals surface area contributed by atoms with Gasteiger partial charge in [0, 0.05) is 42.0 Å². The van der Waals surface area contributed by atoms with E-state index in [1.165, 1.54) is 12.1 Å². The first kappa shape index (κ1) is 23.4. The Balaban J connectivity index is 1.34. The molecule has 180 valence electrons. The predicted molar refractivity (Wildman–Crippen MR) is 143 cm³/mol. The summed E-state index contributed by atoms with van der Waals surface area (Å²) in [6, 6.07) is 18.8. The number of halogens is 1. The second-order valence-electron chi connectivity index (χ2n) is 9.10. The van der Waals surface area contributed by atoms with Crippen LogP contribution in [0.5, 0.6) is 0 Å². The van der Waals surface area contributed by atoms with Crippen LogP contribution in [0.2, 0.25) is 0 Å². The largest absolute Gasteiger partial charge is 0.353 e. The predicted octanol–water partition coefficient (Wildman–Crippen LogP) is 5.89. The highest BCUT2D eigenvalue weighted by atomic mass is 19.1. The van der Waals surface area contributed by atoms with Crippen molar-refractivity contribution in [3.8, 4) is 11.1 Å². The normalized spacial score (nSPS) is 11.2. The molecule has 0 bridgehead atoms. The minimum atomic E-state index is -0.242.